The van der Waals surface area contributed by atoms with Crippen molar-refractivity contribution in [2.45, 2.75) is 92.7 Å². The molecule has 3 aromatic rings. The minimum Gasteiger partial charge on any atom is -0.477 e. The molecule has 4 aliphatic rings. The summed E-state index contributed by atoms with van der Waals surface area (Å²) in [6.07, 6.45) is 2.17. The lowest BCUT2D eigenvalue weighted by atomic mass is 9.78. The Morgan fingerprint density at radius 3 is 2.44 bits per heavy atom. The van der Waals surface area contributed by atoms with Crippen LogP contribution in [0.25, 0.3) is 0 Å². The van der Waals surface area contributed by atoms with Gasteiger partial charge in [-0.15, -0.1) is 0 Å². The maximum atomic E-state index is 13.8. The van der Waals surface area contributed by atoms with E-state index in [0.717, 1.165) is 11.1 Å². The Hall–Kier alpha value is -4.13. The molecule has 2 saturated carbocycles. The highest BCUT2D eigenvalue weighted by molar-refractivity contribution is 7.90. The normalized spacial score (nSPS) is 21.2. The van der Waals surface area contributed by atoms with Crippen LogP contribution < -0.4 is 19.7 Å². The summed E-state index contributed by atoms with van der Waals surface area (Å²) in [6, 6.07) is 14.2. The molecule has 1 saturated heterocycles. The number of hydrogen-bond acceptors (Lipinski definition) is 8. The second kappa shape index (κ2) is 11.8. The quantitative estimate of drug-likeness (QED) is 0.299. The number of nitrogens with one attached hydrogen (secondary N) is 2. The fourth-order valence-corrected chi connectivity index (χ4v) is 8.18. The van der Waals surface area contributed by atoms with E-state index in [9.17, 15) is 31.2 Å². The van der Waals surface area contributed by atoms with E-state index in [1.807, 2.05) is 24.0 Å². The molecule has 0 atom stereocenters. The first kappa shape index (κ1) is 32.4. The molecule has 1 spiro atoms. The maximum Gasteiger partial charge on any atom is 0.281 e. The van der Waals surface area contributed by atoms with Crippen LogP contribution in [0.2, 0.25) is 0 Å². The molecule has 2 N–H and O–H groups in total. The Balaban J connectivity index is 1.02. The van der Waals surface area contributed by atoms with Crippen LogP contribution in [0.5, 0.6) is 5.75 Å². The van der Waals surface area contributed by atoms with Crippen molar-refractivity contribution in [1.82, 2.24) is 9.71 Å². The Labute approximate surface area is 277 Å². The third-order valence-electron chi connectivity index (χ3n) is 10.2. The summed E-state index contributed by atoms with van der Waals surface area (Å²) in [5.41, 5.74) is 0.697. The number of alkyl halides is 2. The van der Waals surface area contributed by atoms with Crippen molar-refractivity contribution < 1.29 is 35.9 Å². The average molecular weight is 683 g/mol. The molecule has 13 heteroatoms. The standard InChI is InChI=1S/C35H37F3N4O5S/c1-22-5-7-25(23-9-11-35(37,38)12-10-23)29(19-22)47-34(13-14-34)32(44)41-48(45,46)31-4-2-3-30(39-31)42-17-15-33(16-18-42)21-28(43)26-20-24(36)6-8-27(26)40-33/h2-8,19-20,23,40H,9-18,21H2,1H3,(H,41,44). The number of piperidine rings is 1. The molecule has 3 fully saturated rings. The Morgan fingerprint density at radius 1 is 1.00 bits per heavy atom. The number of carbonyl (C=O) groups is 2. The van der Waals surface area contributed by atoms with Gasteiger partial charge in [-0.3, -0.25) is 9.59 Å². The van der Waals surface area contributed by atoms with Gasteiger partial charge in [0.25, 0.3) is 15.9 Å². The van der Waals surface area contributed by atoms with Gasteiger partial charge >= 0.3 is 0 Å². The lowest BCUT2D eigenvalue weighted by Gasteiger charge is -2.45. The summed E-state index contributed by atoms with van der Waals surface area (Å²) in [4.78, 5) is 32.6. The van der Waals surface area contributed by atoms with Crippen molar-refractivity contribution in [3.8, 4) is 5.75 Å². The molecule has 2 aliphatic heterocycles. The van der Waals surface area contributed by atoms with Crippen LogP contribution in [0, 0.1) is 12.7 Å². The van der Waals surface area contributed by atoms with E-state index in [1.165, 1.54) is 18.2 Å². The van der Waals surface area contributed by atoms with Crippen LogP contribution in [0.3, 0.4) is 0 Å². The van der Waals surface area contributed by atoms with Crippen LogP contribution in [0.4, 0.5) is 24.7 Å². The topological polar surface area (TPSA) is 118 Å². The number of aromatic nitrogens is 1. The average Bonchev–Trinajstić information content (AvgIpc) is 3.83. The Morgan fingerprint density at radius 2 is 1.73 bits per heavy atom. The lowest BCUT2D eigenvalue weighted by Crippen LogP contribution is -2.52. The number of hydrogen-bond donors (Lipinski definition) is 2. The number of benzene rings is 2. The van der Waals surface area contributed by atoms with Crippen molar-refractivity contribution in [3.63, 3.8) is 0 Å². The van der Waals surface area contributed by atoms with E-state index >= 15 is 0 Å². The maximum absolute atomic E-state index is 13.8. The second-order valence-electron chi connectivity index (χ2n) is 13.7. The van der Waals surface area contributed by atoms with Crippen molar-refractivity contribution in [2.24, 2.45) is 0 Å². The number of ether oxygens (including phenoxy) is 1. The van der Waals surface area contributed by atoms with E-state index in [4.69, 9.17) is 4.74 Å². The summed E-state index contributed by atoms with van der Waals surface area (Å²) < 4.78 is 76.7. The van der Waals surface area contributed by atoms with Crippen LogP contribution in [0.15, 0.2) is 59.6 Å². The van der Waals surface area contributed by atoms with Gasteiger partial charge in [-0.1, -0.05) is 18.2 Å². The first-order chi connectivity index (χ1) is 22.8. The number of ketones is 1. The van der Waals surface area contributed by atoms with Crippen molar-refractivity contribution in [2.75, 3.05) is 23.3 Å². The monoisotopic (exact) mass is 682 g/mol. The van der Waals surface area contributed by atoms with E-state index in [0.29, 0.717) is 74.4 Å². The molecular formula is C35H37F3N4O5S. The van der Waals surface area contributed by atoms with Gasteiger partial charge in [0.1, 0.15) is 17.4 Å². The summed E-state index contributed by atoms with van der Waals surface area (Å²) in [7, 11) is -4.37. The highest BCUT2D eigenvalue weighted by atomic mass is 32.2. The molecule has 2 aromatic carbocycles. The zero-order valence-corrected chi connectivity index (χ0v) is 27.3. The number of amides is 1. The zero-order chi connectivity index (χ0) is 33.9. The van der Waals surface area contributed by atoms with Gasteiger partial charge in [0.15, 0.2) is 16.4 Å². The summed E-state index contributed by atoms with van der Waals surface area (Å²) >= 11 is 0. The van der Waals surface area contributed by atoms with E-state index < -0.39 is 38.8 Å². The molecule has 9 nitrogen and oxygen atoms in total. The minimum atomic E-state index is -4.37. The molecule has 7 rings (SSSR count). The molecule has 48 heavy (non-hydrogen) atoms. The van der Waals surface area contributed by atoms with Gasteiger partial charge in [0, 0.05) is 62.0 Å². The number of carbonyl (C=O) groups excluding carboxylic acids is 2. The number of fused-ring (bicyclic) bond motifs is 1. The first-order valence-corrected chi connectivity index (χ1v) is 17.8. The van der Waals surface area contributed by atoms with Gasteiger partial charge in [-0.2, -0.15) is 8.42 Å². The predicted molar refractivity (Wildman–Crippen MR) is 173 cm³/mol. The van der Waals surface area contributed by atoms with Crippen LogP contribution in [-0.4, -0.2) is 55.2 Å². The molecule has 254 valence electrons. The third-order valence-corrected chi connectivity index (χ3v) is 11.4. The van der Waals surface area contributed by atoms with Crippen molar-refractivity contribution in [3.05, 3.63) is 77.1 Å². The molecular weight excluding hydrogens is 645 g/mol. The fraction of sp³-hybridized carbons (Fsp3) is 0.457. The Kier molecular flexibility index (Phi) is 7.96. The van der Waals surface area contributed by atoms with E-state index in [-0.39, 0.29) is 36.0 Å². The summed E-state index contributed by atoms with van der Waals surface area (Å²) in [5, 5.41) is 3.13. The summed E-state index contributed by atoms with van der Waals surface area (Å²) in [5.74, 6) is -3.36. The lowest BCUT2D eigenvalue weighted by molar-refractivity contribution is -0.128. The van der Waals surface area contributed by atoms with Crippen molar-refractivity contribution in [1.29, 1.82) is 0 Å². The molecule has 0 bridgehead atoms. The summed E-state index contributed by atoms with van der Waals surface area (Å²) in [6.45, 7) is 2.85. The number of halogens is 3. The largest absolute Gasteiger partial charge is 0.477 e. The molecule has 3 heterocycles. The second-order valence-corrected chi connectivity index (χ2v) is 15.3. The number of pyridine rings is 1. The highest BCUT2D eigenvalue weighted by Crippen LogP contribution is 2.47. The van der Waals surface area contributed by atoms with Gasteiger partial charge in [0.05, 0.1) is 0 Å². The number of anilines is 2. The number of sulfonamides is 1. The predicted octanol–water partition coefficient (Wildman–Crippen LogP) is 6.28. The molecule has 2 aliphatic carbocycles. The number of aryl methyl sites for hydroxylation is 1. The van der Waals surface area contributed by atoms with Crippen LogP contribution >= 0.6 is 0 Å². The SMILES string of the molecule is Cc1ccc(C2CCC(F)(F)CC2)c(OC2(C(=O)NS(=O)(=O)c3cccc(N4CCC5(CC4)CC(=O)c4cc(F)ccc4N5)n3)CC2)c1. The fourth-order valence-electron chi connectivity index (χ4n) is 7.17. The number of rotatable bonds is 7. The van der Waals surface area contributed by atoms with Crippen LogP contribution in [-0.2, 0) is 14.8 Å². The van der Waals surface area contributed by atoms with Crippen LogP contribution in [0.1, 0.15) is 85.2 Å². The highest BCUT2D eigenvalue weighted by Gasteiger charge is 2.55. The van der Waals surface area contributed by atoms with Gasteiger partial charge in [0.2, 0.25) is 5.92 Å². The van der Waals surface area contributed by atoms with E-state index in [2.05, 4.69) is 15.0 Å². The number of nitrogens with zero attached hydrogens (tertiary/aromatic N) is 2. The Bertz CT molecular complexity index is 1880. The molecule has 0 radical (unpaired) electrons. The molecule has 1 aromatic heterocycles. The first-order valence-electron chi connectivity index (χ1n) is 16.3. The minimum absolute atomic E-state index is 0.117. The smallest absolute Gasteiger partial charge is 0.281 e. The van der Waals surface area contributed by atoms with Gasteiger partial charge < -0.3 is 15.0 Å². The third kappa shape index (κ3) is 6.36. The van der Waals surface area contributed by atoms with E-state index in [1.54, 1.807) is 24.3 Å². The van der Waals surface area contributed by atoms with Gasteiger partial charge in [-0.25, -0.2) is 22.9 Å². The zero-order valence-electron chi connectivity index (χ0n) is 26.5. The number of Topliss-reactive ketones (excluding diaryl/α,β-unsaturated/α-hetero) is 1. The molecule has 0 unspecified atom stereocenters. The molecule has 1 amide bonds. The van der Waals surface area contributed by atoms with Gasteiger partial charge in [-0.05, 0) is 86.1 Å². The van der Waals surface area contributed by atoms with Crippen molar-refractivity contribution >= 4 is 33.2 Å².